The van der Waals surface area contributed by atoms with E-state index in [0.29, 0.717) is 10.7 Å². The summed E-state index contributed by atoms with van der Waals surface area (Å²) in [5, 5.41) is 11.3. The molecule has 0 aliphatic carbocycles. The van der Waals surface area contributed by atoms with E-state index in [0.717, 1.165) is 10.1 Å². The van der Waals surface area contributed by atoms with Gasteiger partial charge in [-0.2, -0.15) is 0 Å². The molecular formula is C15H19N3OS2. The van der Waals surface area contributed by atoms with Crippen LogP contribution < -0.4 is 5.32 Å². The maximum Gasteiger partial charge on any atom is 0.257 e. The van der Waals surface area contributed by atoms with Crippen molar-refractivity contribution in [3.63, 3.8) is 0 Å². The molecule has 0 fully saturated rings. The first kappa shape index (κ1) is 16.0. The first-order valence-corrected chi connectivity index (χ1v) is 8.58. The van der Waals surface area contributed by atoms with Crippen molar-refractivity contribution in [1.29, 1.82) is 0 Å². The number of thioether (sulfide) groups is 1. The Morgan fingerprint density at radius 1 is 1.24 bits per heavy atom. The van der Waals surface area contributed by atoms with Crippen molar-refractivity contribution in [3.05, 3.63) is 35.4 Å². The van der Waals surface area contributed by atoms with Crippen molar-refractivity contribution < 1.29 is 4.79 Å². The molecule has 1 amide bonds. The zero-order chi connectivity index (χ0) is 15.5. The summed E-state index contributed by atoms with van der Waals surface area (Å²) in [6.45, 7) is 8.50. The minimum atomic E-state index is -0.153. The summed E-state index contributed by atoms with van der Waals surface area (Å²) < 4.78 is 0.871. The average molecular weight is 321 g/mol. The summed E-state index contributed by atoms with van der Waals surface area (Å²) in [6.07, 6.45) is 0. The summed E-state index contributed by atoms with van der Waals surface area (Å²) in [4.78, 5) is 12.2. The normalized spacial score (nSPS) is 11.4. The van der Waals surface area contributed by atoms with Crippen LogP contribution in [0.3, 0.4) is 0 Å². The molecule has 112 valence electrons. The summed E-state index contributed by atoms with van der Waals surface area (Å²) in [5.74, 6) is 0.788. The summed E-state index contributed by atoms with van der Waals surface area (Å²) in [6, 6.07) is 7.68. The van der Waals surface area contributed by atoms with E-state index in [-0.39, 0.29) is 11.3 Å². The van der Waals surface area contributed by atoms with Crippen molar-refractivity contribution >= 4 is 34.1 Å². The minimum absolute atomic E-state index is 0.0838. The number of aromatic nitrogens is 2. The number of hydrogen-bond acceptors (Lipinski definition) is 5. The number of hydrogen-bond donors (Lipinski definition) is 1. The topological polar surface area (TPSA) is 54.9 Å². The van der Waals surface area contributed by atoms with E-state index in [1.54, 1.807) is 11.8 Å². The lowest BCUT2D eigenvalue weighted by molar-refractivity contribution is 0.102. The predicted octanol–water partition coefficient (Wildman–Crippen LogP) is 4.20. The second-order valence-electron chi connectivity index (χ2n) is 5.59. The second-order valence-corrected chi connectivity index (χ2v) is 8.08. The van der Waals surface area contributed by atoms with Crippen molar-refractivity contribution in [1.82, 2.24) is 10.2 Å². The summed E-state index contributed by atoms with van der Waals surface area (Å²) in [7, 11) is 0. The van der Waals surface area contributed by atoms with E-state index in [9.17, 15) is 4.79 Å². The van der Waals surface area contributed by atoms with Gasteiger partial charge in [0.25, 0.3) is 5.91 Å². The lowest BCUT2D eigenvalue weighted by Gasteiger charge is -2.18. The minimum Gasteiger partial charge on any atom is -0.296 e. The lowest BCUT2D eigenvalue weighted by atomic mass is 9.87. The highest BCUT2D eigenvalue weighted by Gasteiger charge is 2.15. The van der Waals surface area contributed by atoms with Gasteiger partial charge in [-0.3, -0.25) is 10.1 Å². The predicted molar refractivity (Wildman–Crippen MR) is 89.4 cm³/mol. The number of amides is 1. The molecule has 6 heteroatoms. The van der Waals surface area contributed by atoms with Gasteiger partial charge in [0.15, 0.2) is 4.34 Å². The third-order valence-electron chi connectivity index (χ3n) is 2.91. The molecule has 1 aromatic heterocycles. The Hall–Kier alpha value is -1.40. The molecule has 0 aliphatic heterocycles. The third-order valence-corrected chi connectivity index (χ3v) is 4.76. The van der Waals surface area contributed by atoms with Gasteiger partial charge in [0, 0.05) is 5.56 Å². The first-order chi connectivity index (χ1) is 9.90. The molecule has 2 aromatic rings. The maximum absolute atomic E-state index is 12.2. The van der Waals surface area contributed by atoms with Crippen molar-refractivity contribution in [2.45, 2.75) is 37.4 Å². The molecule has 1 heterocycles. The fraction of sp³-hybridized carbons (Fsp3) is 0.400. The van der Waals surface area contributed by atoms with Crippen LogP contribution in [-0.2, 0) is 5.41 Å². The molecule has 21 heavy (non-hydrogen) atoms. The van der Waals surface area contributed by atoms with Crippen LogP contribution in [0, 0.1) is 0 Å². The molecule has 1 N–H and O–H groups in total. The van der Waals surface area contributed by atoms with Crippen molar-refractivity contribution in [2.75, 3.05) is 11.1 Å². The summed E-state index contributed by atoms with van der Waals surface area (Å²) in [5.41, 5.74) is 1.92. The molecule has 0 saturated carbocycles. The van der Waals surface area contributed by atoms with Gasteiger partial charge in [-0.15, -0.1) is 10.2 Å². The van der Waals surface area contributed by atoms with E-state index >= 15 is 0 Å². The SMILES string of the molecule is CCSc1nnc(NC(=O)c2ccc(C(C)(C)C)cc2)s1. The zero-order valence-electron chi connectivity index (χ0n) is 12.6. The Kier molecular flexibility index (Phi) is 5.00. The van der Waals surface area contributed by atoms with E-state index in [1.165, 1.54) is 16.9 Å². The number of carbonyl (C=O) groups is 1. The molecular weight excluding hydrogens is 302 g/mol. The fourth-order valence-corrected chi connectivity index (χ4v) is 3.38. The molecule has 2 rings (SSSR count). The maximum atomic E-state index is 12.2. The van der Waals surface area contributed by atoms with Gasteiger partial charge in [-0.1, -0.05) is 62.9 Å². The fourth-order valence-electron chi connectivity index (χ4n) is 1.73. The zero-order valence-corrected chi connectivity index (χ0v) is 14.3. The number of carbonyl (C=O) groups excluding carboxylic acids is 1. The summed E-state index contributed by atoms with van der Waals surface area (Å²) >= 11 is 3.01. The largest absolute Gasteiger partial charge is 0.296 e. The van der Waals surface area contributed by atoms with E-state index in [1.807, 2.05) is 24.3 Å². The van der Waals surface area contributed by atoms with Gasteiger partial charge in [0.1, 0.15) is 0 Å². The number of anilines is 1. The van der Waals surface area contributed by atoms with Crippen molar-refractivity contribution in [2.24, 2.45) is 0 Å². The number of rotatable bonds is 4. The van der Waals surface area contributed by atoms with E-state index in [4.69, 9.17) is 0 Å². The monoisotopic (exact) mass is 321 g/mol. The Balaban J connectivity index is 2.06. The van der Waals surface area contributed by atoms with Crippen molar-refractivity contribution in [3.8, 4) is 0 Å². The quantitative estimate of drug-likeness (QED) is 0.677. The van der Waals surface area contributed by atoms with Crippen LogP contribution in [0.1, 0.15) is 43.6 Å². The van der Waals surface area contributed by atoms with Crippen LogP contribution in [0.15, 0.2) is 28.6 Å². The average Bonchev–Trinajstić information content (AvgIpc) is 2.86. The lowest BCUT2D eigenvalue weighted by Crippen LogP contribution is -2.14. The molecule has 0 atom stereocenters. The standard InChI is InChI=1S/C15H19N3OS2/c1-5-20-14-18-17-13(21-14)16-12(19)10-6-8-11(9-7-10)15(2,3)4/h6-9H,5H2,1-4H3,(H,16,17,19). The smallest absolute Gasteiger partial charge is 0.257 e. The van der Waals surface area contributed by atoms with Gasteiger partial charge in [0.2, 0.25) is 5.13 Å². The van der Waals surface area contributed by atoms with Crippen LogP contribution in [-0.4, -0.2) is 21.9 Å². The molecule has 0 saturated heterocycles. The van der Waals surface area contributed by atoms with Gasteiger partial charge in [-0.25, -0.2) is 0 Å². The number of benzene rings is 1. The third kappa shape index (κ3) is 4.28. The molecule has 0 unspecified atom stereocenters. The van der Waals surface area contributed by atoms with Crippen LogP contribution in [0.5, 0.6) is 0 Å². The molecule has 0 bridgehead atoms. The highest BCUT2D eigenvalue weighted by Crippen LogP contribution is 2.26. The second kappa shape index (κ2) is 6.58. The Morgan fingerprint density at radius 3 is 2.48 bits per heavy atom. The number of nitrogens with one attached hydrogen (secondary N) is 1. The first-order valence-electron chi connectivity index (χ1n) is 6.78. The molecule has 1 aromatic carbocycles. The van der Waals surface area contributed by atoms with E-state index in [2.05, 4.69) is 43.2 Å². The van der Waals surface area contributed by atoms with E-state index < -0.39 is 0 Å². The van der Waals surface area contributed by atoms with Gasteiger partial charge in [0.05, 0.1) is 0 Å². The Labute approximate surface area is 133 Å². The molecule has 0 spiro atoms. The highest BCUT2D eigenvalue weighted by molar-refractivity contribution is 8.01. The van der Waals surface area contributed by atoms with Gasteiger partial charge >= 0.3 is 0 Å². The van der Waals surface area contributed by atoms with Crippen LogP contribution in [0.2, 0.25) is 0 Å². The molecule has 4 nitrogen and oxygen atoms in total. The highest BCUT2D eigenvalue weighted by atomic mass is 32.2. The van der Waals surface area contributed by atoms with Crippen LogP contribution in [0.4, 0.5) is 5.13 Å². The molecule has 0 aliphatic rings. The number of nitrogens with zero attached hydrogens (tertiary/aromatic N) is 2. The van der Waals surface area contributed by atoms with Crippen LogP contribution >= 0.6 is 23.1 Å². The molecule has 0 radical (unpaired) electrons. The van der Waals surface area contributed by atoms with Gasteiger partial charge in [-0.05, 0) is 28.9 Å². The van der Waals surface area contributed by atoms with Gasteiger partial charge < -0.3 is 0 Å². The Bertz CT molecular complexity index is 615. The Morgan fingerprint density at radius 2 is 1.90 bits per heavy atom. The van der Waals surface area contributed by atoms with Crippen LogP contribution in [0.25, 0.3) is 0 Å².